The molecular formula is C42H52FN7O8Si. The predicted octanol–water partition coefficient (Wildman–Crippen LogP) is 5.48. The van der Waals surface area contributed by atoms with Crippen molar-refractivity contribution < 1.29 is 38.3 Å². The van der Waals surface area contributed by atoms with Gasteiger partial charge in [-0.1, -0.05) is 24.3 Å². The Hall–Kier alpha value is -5.07. The molecule has 1 fully saturated rings. The summed E-state index contributed by atoms with van der Waals surface area (Å²) in [5, 5.41) is 42.2. The van der Waals surface area contributed by atoms with Crippen molar-refractivity contribution in [3.8, 4) is 5.75 Å². The van der Waals surface area contributed by atoms with Gasteiger partial charge in [0.1, 0.15) is 5.75 Å². The number of rotatable bonds is 17. The number of benzene rings is 3. The van der Waals surface area contributed by atoms with E-state index in [0.717, 1.165) is 23.2 Å². The van der Waals surface area contributed by atoms with Gasteiger partial charge in [-0.25, -0.2) is 0 Å². The van der Waals surface area contributed by atoms with E-state index in [9.17, 15) is 29.9 Å². The topological polar surface area (TPSA) is 185 Å². The van der Waals surface area contributed by atoms with Crippen molar-refractivity contribution in [2.75, 3.05) is 36.2 Å². The molecule has 3 aliphatic heterocycles. The fraction of sp³-hybridized carbons (Fsp3) is 0.476. The average Bonchev–Trinajstić information content (AvgIpc) is 3.85. The van der Waals surface area contributed by atoms with Gasteiger partial charge in [0.15, 0.2) is 5.60 Å². The van der Waals surface area contributed by atoms with Crippen molar-refractivity contribution in [2.24, 2.45) is 5.92 Å². The molecule has 1 saturated heterocycles. The summed E-state index contributed by atoms with van der Waals surface area (Å²) >= 11 is 0. The number of carbonyl (C=O) groups is 2. The quantitative estimate of drug-likeness (QED) is 0.0402. The number of aliphatic hydroxyl groups excluding tert-OH is 2. The van der Waals surface area contributed by atoms with Crippen LogP contribution in [0, 0.1) is 16.0 Å². The van der Waals surface area contributed by atoms with Gasteiger partial charge in [0.05, 0.1) is 47.3 Å². The molecule has 59 heavy (non-hydrogen) atoms. The molecule has 0 saturated carbocycles. The van der Waals surface area contributed by atoms with Crippen LogP contribution in [-0.4, -0.2) is 88.9 Å². The molecule has 0 bridgehead atoms. The minimum absolute atomic E-state index is 0.0728. The summed E-state index contributed by atoms with van der Waals surface area (Å²) < 4.78 is 30.6. The number of fused-ring (bicyclic) bond motifs is 3. The zero-order valence-corrected chi connectivity index (χ0v) is 34.8. The number of nitro benzene ring substituents is 1. The Morgan fingerprint density at radius 1 is 1.07 bits per heavy atom. The van der Waals surface area contributed by atoms with Crippen molar-refractivity contribution in [1.82, 2.24) is 20.3 Å². The van der Waals surface area contributed by atoms with Crippen LogP contribution in [0.1, 0.15) is 55.5 Å². The van der Waals surface area contributed by atoms with Crippen molar-refractivity contribution >= 4 is 43.0 Å². The maximum absolute atomic E-state index is 16.4. The van der Waals surface area contributed by atoms with E-state index in [1.165, 1.54) is 12.1 Å². The first-order valence-electron chi connectivity index (χ1n) is 20.3. The SMILES string of the molecule is CCOc1ccc2c(c1)CC(NCCCCO)C(=O)N2c1ccc(CN2C(=O)[C@]3(O[C@H](CCn4cc(CCO)nn4)[C@@H]([Si](C)(C)F)[C@@H]3C)c3cc([N+](=O)[O-])ccc32)cc1. The van der Waals surface area contributed by atoms with Crippen molar-refractivity contribution in [3.05, 3.63) is 99.4 Å². The molecule has 4 heterocycles. The third kappa shape index (κ3) is 8.13. The lowest BCUT2D eigenvalue weighted by Gasteiger charge is -2.35. The number of amides is 2. The first-order chi connectivity index (χ1) is 28.3. The summed E-state index contributed by atoms with van der Waals surface area (Å²) in [6, 6.07) is 16.9. The number of ether oxygens (including phenoxy) is 2. The van der Waals surface area contributed by atoms with Gasteiger partial charge in [-0.3, -0.25) is 29.3 Å². The smallest absolute Gasteiger partial charge is 0.269 e. The lowest BCUT2D eigenvalue weighted by atomic mass is 9.82. The van der Waals surface area contributed by atoms with Gasteiger partial charge in [-0.15, -0.1) is 5.10 Å². The summed E-state index contributed by atoms with van der Waals surface area (Å²) in [7, 11) is -3.51. The van der Waals surface area contributed by atoms with E-state index < -0.39 is 48.4 Å². The molecule has 2 amide bonds. The number of hydrogen-bond donors (Lipinski definition) is 3. The van der Waals surface area contributed by atoms with E-state index in [2.05, 4.69) is 15.6 Å². The highest BCUT2D eigenvalue weighted by molar-refractivity contribution is 6.72. The highest BCUT2D eigenvalue weighted by Gasteiger charge is 2.67. The molecule has 3 N–H and O–H groups in total. The van der Waals surface area contributed by atoms with Crippen LogP contribution >= 0.6 is 0 Å². The van der Waals surface area contributed by atoms with Crippen LogP contribution in [0.2, 0.25) is 18.6 Å². The molecule has 1 spiro atoms. The normalized spacial score (nSPS) is 22.6. The summed E-state index contributed by atoms with van der Waals surface area (Å²) in [5.41, 5.74) is 2.00. The number of non-ortho nitro benzene ring substituents is 1. The van der Waals surface area contributed by atoms with Crippen LogP contribution in [0.5, 0.6) is 5.75 Å². The monoisotopic (exact) mass is 829 g/mol. The Labute approximate surface area is 343 Å². The van der Waals surface area contributed by atoms with Crippen molar-refractivity contribution in [1.29, 1.82) is 0 Å². The van der Waals surface area contributed by atoms with Crippen LogP contribution in [0.4, 0.5) is 26.9 Å². The number of aromatic nitrogens is 3. The molecule has 4 aromatic rings. The van der Waals surface area contributed by atoms with Crippen molar-refractivity contribution in [2.45, 2.75) is 95.4 Å². The second-order valence-electron chi connectivity index (χ2n) is 16.1. The molecule has 5 atom stereocenters. The summed E-state index contributed by atoms with van der Waals surface area (Å²) in [4.78, 5) is 43.9. The molecule has 1 unspecified atom stereocenters. The fourth-order valence-electron chi connectivity index (χ4n) is 9.17. The predicted molar refractivity (Wildman–Crippen MR) is 221 cm³/mol. The second-order valence-corrected chi connectivity index (χ2v) is 19.9. The van der Waals surface area contributed by atoms with Gasteiger partial charge >= 0.3 is 0 Å². The van der Waals surface area contributed by atoms with Crippen LogP contribution in [-0.2, 0) is 45.9 Å². The van der Waals surface area contributed by atoms with E-state index in [-0.39, 0.29) is 31.4 Å². The third-order valence-electron chi connectivity index (χ3n) is 11.8. The number of hydrogen-bond acceptors (Lipinski definition) is 11. The van der Waals surface area contributed by atoms with Gasteiger partial charge in [0.2, 0.25) is 14.3 Å². The standard InChI is InChI=1S/C42H52FN7O8Si/c1-5-57-33-13-15-36-29(22-33)23-35(44-18-6-7-20-51)40(53)49(36)31-10-8-28(9-11-31)25-48-37-14-12-32(50(55)56)24-34(37)42(41(48)54)27(2)39(59(3,4)43)38(58-42)16-19-47-26-30(17-21-52)45-46-47/h8-15,22,24,26-27,35,38-39,44,51-52H,5-7,16-21,23,25H2,1-4H3/t27-,35?,38+,39-,42+/m0/s1. The Bertz CT molecular complexity index is 2180. The number of aryl methyl sites for hydroxylation is 1. The van der Waals surface area contributed by atoms with E-state index >= 15 is 4.11 Å². The number of halogens is 1. The molecule has 7 rings (SSSR count). The molecule has 314 valence electrons. The molecule has 0 radical (unpaired) electrons. The largest absolute Gasteiger partial charge is 0.494 e. The zero-order chi connectivity index (χ0) is 42.1. The van der Waals surface area contributed by atoms with Gasteiger partial charge in [-0.2, -0.15) is 0 Å². The Kier molecular flexibility index (Phi) is 12.3. The Morgan fingerprint density at radius 2 is 1.83 bits per heavy atom. The summed E-state index contributed by atoms with van der Waals surface area (Å²) in [5.74, 6) is -0.469. The molecular weight excluding hydrogens is 778 g/mol. The molecule has 3 aromatic carbocycles. The average molecular weight is 830 g/mol. The molecule has 1 aromatic heterocycles. The first-order valence-corrected chi connectivity index (χ1v) is 23.3. The number of anilines is 3. The first kappa shape index (κ1) is 42.1. The number of aliphatic hydroxyl groups is 2. The van der Waals surface area contributed by atoms with Gasteiger partial charge in [0.25, 0.3) is 11.6 Å². The van der Waals surface area contributed by atoms with Gasteiger partial charge in [0, 0.05) is 67.2 Å². The zero-order valence-electron chi connectivity index (χ0n) is 33.8. The van der Waals surface area contributed by atoms with Gasteiger partial charge < -0.3 is 34.0 Å². The number of nitro groups is 1. The lowest BCUT2D eigenvalue weighted by molar-refractivity contribution is -0.385. The minimum Gasteiger partial charge on any atom is -0.494 e. The third-order valence-corrected chi connectivity index (χ3v) is 14.3. The lowest BCUT2D eigenvalue weighted by Crippen LogP contribution is -2.49. The number of unbranched alkanes of at least 4 members (excludes halogenated alkanes) is 1. The van der Waals surface area contributed by atoms with Crippen LogP contribution in [0.15, 0.2) is 66.9 Å². The number of nitrogens with zero attached hydrogens (tertiary/aromatic N) is 6. The van der Waals surface area contributed by atoms with Crippen LogP contribution in [0.3, 0.4) is 0 Å². The molecule has 3 aliphatic rings. The van der Waals surface area contributed by atoms with E-state index in [0.29, 0.717) is 73.8 Å². The van der Waals surface area contributed by atoms with E-state index in [4.69, 9.17) is 9.47 Å². The summed E-state index contributed by atoms with van der Waals surface area (Å²) in [6.07, 6.45) is 3.53. The number of nitrogens with one attached hydrogen (secondary N) is 1. The van der Waals surface area contributed by atoms with Crippen LogP contribution < -0.4 is 19.9 Å². The highest BCUT2D eigenvalue weighted by Crippen LogP contribution is 2.60. The molecule has 17 heteroatoms. The van der Waals surface area contributed by atoms with Crippen LogP contribution in [0.25, 0.3) is 0 Å². The fourth-order valence-corrected chi connectivity index (χ4v) is 11.7. The molecule has 0 aliphatic carbocycles. The van der Waals surface area contributed by atoms with Gasteiger partial charge in [-0.05, 0) is 99.8 Å². The minimum atomic E-state index is -3.51. The number of carbonyl (C=O) groups excluding carboxylic acids is 2. The van der Waals surface area contributed by atoms with E-state index in [1.54, 1.807) is 39.8 Å². The Balaban J connectivity index is 1.18. The van der Waals surface area contributed by atoms with E-state index in [1.807, 2.05) is 56.3 Å². The second kappa shape index (κ2) is 17.3. The maximum Gasteiger partial charge on any atom is 0.269 e. The molecule has 15 nitrogen and oxygen atoms in total. The van der Waals surface area contributed by atoms with Crippen molar-refractivity contribution in [3.63, 3.8) is 0 Å². The highest BCUT2D eigenvalue weighted by atomic mass is 28.4. The summed E-state index contributed by atoms with van der Waals surface area (Å²) in [6.45, 7) is 8.45. The maximum atomic E-state index is 16.4. The Morgan fingerprint density at radius 3 is 2.53 bits per heavy atom.